The van der Waals surface area contributed by atoms with Gasteiger partial charge in [-0.15, -0.1) is 0 Å². The van der Waals surface area contributed by atoms with Gasteiger partial charge in [-0.3, -0.25) is 0 Å². The van der Waals surface area contributed by atoms with Gasteiger partial charge in [-0.1, -0.05) is 39.8 Å². The molecule has 0 bridgehead atoms. The van der Waals surface area contributed by atoms with Crippen LogP contribution in [0, 0.1) is 22.7 Å². The highest BCUT2D eigenvalue weighted by Crippen LogP contribution is 2.26. The lowest BCUT2D eigenvalue weighted by atomic mass is 9.81. The molecule has 2 nitrogen and oxygen atoms in total. The van der Waals surface area contributed by atoms with E-state index in [0.29, 0.717) is 22.9 Å². The van der Waals surface area contributed by atoms with Crippen molar-refractivity contribution in [1.29, 1.82) is 5.26 Å². The topological polar surface area (TPSA) is 35.8 Å². The maximum atomic E-state index is 8.77. The maximum Gasteiger partial charge on any atom is 0.0991 e. The lowest BCUT2D eigenvalue weighted by Crippen LogP contribution is -2.34. The molecule has 1 rings (SSSR count). The maximum absolute atomic E-state index is 8.77. The fourth-order valence-electron chi connectivity index (χ4n) is 1.58. The Bertz CT molecular complexity index is 410. The van der Waals surface area contributed by atoms with E-state index in [-0.39, 0.29) is 0 Å². The quantitative estimate of drug-likeness (QED) is 0.853. The smallest absolute Gasteiger partial charge is 0.0991 e. The first-order valence-corrected chi connectivity index (χ1v) is 6.60. The number of rotatable bonds is 5. The zero-order valence-electron chi connectivity index (χ0n) is 12.1. The predicted molar refractivity (Wildman–Crippen MR) is 76.2 cm³/mol. The molecule has 0 saturated carbocycles. The molecule has 0 aliphatic rings. The second-order valence-corrected chi connectivity index (χ2v) is 5.98. The van der Waals surface area contributed by atoms with E-state index in [0.717, 1.165) is 6.54 Å². The summed E-state index contributed by atoms with van der Waals surface area (Å²) >= 11 is 0. The molecule has 1 aromatic rings. The van der Waals surface area contributed by atoms with Gasteiger partial charge < -0.3 is 5.32 Å². The lowest BCUT2D eigenvalue weighted by Gasteiger charge is -2.31. The highest BCUT2D eigenvalue weighted by Gasteiger charge is 2.22. The van der Waals surface area contributed by atoms with Crippen molar-refractivity contribution in [3.63, 3.8) is 0 Å². The average Bonchev–Trinajstić information content (AvgIpc) is 2.36. The Hall–Kier alpha value is -1.33. The van der Waals surface area contributed by atoms with Crippen molar-refractivity contribution in [2.24, 2.45) is 11.3 Å². The molecule has 0 aromatic heterocycles. The standard InChI is InChI=1S/C16H24N2/c1-12(2)16(4,5)11-18-13(3)15-8-6-14(10-17)7-9-15/h6-9,12-13,18H,11H2,1-5H3. The second kappa shape index (κ2) is 6.02. The molecular weight excluding hydrogens is 220 g/mol. The molecule has 0 aliphatic heterocycles. The molecule has 1 unspecified atom stereocenters. The molecule has 0 aliphatic carbocycles. The third kappa shape index (κ3) is 3.85. The van der Waals surface area contributed by atoms with Crippen LogP contribution in [-0.2, 0) is 0 Å². The molecule has 0 heterocycles. The molecule has 1 aromatic carbocycles. The van der Waals surface area contributed by atoms with E-state index < -0.39 is 0 Å². The van der Waals surface area contributed by atoms with Gasteiger partial charge >= 0.3 is 0 Å². The van der Waals surface area contributed by atoms with Crippen LogP contribution in [0.3, 0.4) is 0 Å². The van der Waals surface area contributed by atoms with Crippen LogP contribution in [0.4, 0.5) is 0 Å². The summed E-state index contributed by atoms with van der Waals surface area (Å²) in [6, 6.07) is 10.3. The van der Waals surface area contributed by atoms with Gasteiger partial charge in [-0.05, 0) is 36.0 Å². The number of hydrogen-bond donors (Lipinski definition) is 1. The van der Waals surface area contributed by atoms with Crippen molar-refractivity contribution in [2.75, 3.05) is 6.54 Å². The Kier molecular flexibility index (Phi) is 4.93. The van der Waals surface area contributed by atoms with E-state index >= 15 is 0 Å². The molecule has 0 spiro atoms. The van der Waals surface area contributed by atoms with E-state index in [2.05, 4.69) is 46.0 Å². The Balaban J connectivity index is 2.60. The normalized spacial score (nSPS) is 13.4. The summed E-state index contributed by atoms with van der Waals surface area (Å²) in [6.07, 6.45) is 0. The van der Waals surface area contributed by atoms with Crippen molar-refractivity contribution in [3.05, 3.63) is 35.4 Å². The van der Waals surface area contributed by atoms with Crippen LogP contribution in [0.5, 0.6) is 0 Å². The fraction of sp³-hybridized carbons (Fsp3) is 0.562. The number of nitrogens with zero attached hydrogens (tertiary/aromatic N) is 1. The van der Waals surface area contributed by atoms with Gasteiger partial charge in [0.2, 0.25) is 0 Å². The Morgan fingerprint density at radius 3 is 2.17 bits per heavy atom. The molecule has 98 valence electrons. The third-order valence-electron chi connectivity index (χ3n) is 3.97. The summed E-state index contributed by atoms with van der Waals surface area (Å²) in [4.78, 5) is 0. The molecule has 0 fully saturated rings. The van der Waals surface area contributed by atoms with Gasteiger partial charge in [-0.2, -0.15) is 5.26 Å². The first kappa shape index (κ1) is 14.7. The van der Waals surface area contributed by atoms with E-state index in [9.17, 15) is 0 Å². The van der Waals surface area contributed by atoms with Gasteiger partial charge in [0.15, 0.2) is 0 Å². The summed E-state index contributed by atoms with van der Waals surface area (Å²) in [5.41, 5.74) is 2.24. The van der Waals surface area contributed by atoms with E-state index in [1.165, 1.54) is 5.56 Å². The van der Waals surface area contributed by atoms with Crippen molar-refractivity contribution in [3.8, 4) is 6.07 Å². The van der Waals surface area contributed by atoms with Gasteiger partial charge in [0.05, 0.1) is 11.6 Å². The summed E-state index contributed by atoms with van der Waals surface area (Å²) in [5, 5.41) is 12.3. The number of hydrogen-bond acceptors (Lipinski definition) is 2. The molecule has 0 saturated heterocycles. The SMILES string of the molecule is CC(NCC(C)(C)C(C)C)c1ccc(C#N)cc1. The third-order valence-corrected chi connectivity index (χ3v) is 3.97. The summed E-state index contributed by atoms with van der Waals surface area (Å²) in [7, 11) is 0. The molecule has 1 N–H and O–H groups in total. The minimum Gasteiger partial charge on any atom is -0.310 e. The van der Waals surface area contributed by atoms with E-state index in [1.807, 2.05) is 24.3 Å². The second-order valence-electron chi connectivity index (χ2n) is 5.98. The number of nitrogens with one attached hydrogen (secondary N) is 1. The van der Waals surface area contributed by atoms with Crippen LogP contribution in [0.2, 0.25) is 0 Å². The average molecular weight is 244 g/mol. The fourth-order valence-corrected chi connectivity index (χ4v) is 1.58. The number of benzene rings is 1. The minimum atomic E-state index is 0.293. The zero-order chi connectivity index (χ0) is 13.8. The highest BCUT2D eigenvalue weighted by molar-refractivity contribution is 5.32. The minimum absolute atomic E-state index is 0.293. The zero-order valence-corrected chi connectivity index (χ0v) is 12.1. The predicted octanol–water partition coefficient (Wildman–Crippen LogP) is 3.89. The van der Waals surface area contributed by atoms with E-state index in [4.69, 9.17) is 5.26 Å². The van der Waals surface area contributed by atoms with Crippen LogP contribution >= 0.6 is 0 Å². The van der Waals surface area contributed by atoms with Crippen molar-refractivity contribution in [1.82, 2.24) is 5.32 Å². The number of nitriles is 1. The summed E-state index contributed by atoms with van der Waals surface area (Å²) in [6.45, 7) is 12.2. The Morgan fingerprint density at radius 1 is 1.17 bits per heavy atom. The highest BCUT2D eigenvalue weighted by atomic mass is 14.9. The van der Waals surface area contributed by atoms with Crippen LogP contribution < -0.4 is 5.32 Å². The van der Waals surface area contributed by atoms with E-state index in [1.54, 1.807) is 0 Å². The molecule has 0 radical (unpaired) electrons. The largest absolute Gasteiger partial charge is 0.310 e. The summed E-state index contributed by atoms with van der Waals surface area (Å²) < 4.78 is 0. The molecule has 0 amide bonds. The first-order valence-electron chi connectivity index (χ1n) is 6.60. The van der Waals surface area contributed by atoms with Gasteiger partial charge in [0.1, 0.15) is 0 Å². The molecule has 1 atom stereocenters. The van der Waals surface area contributed by atoms with Gasteiger partial charge in [0, 0.05) is 12.6 Å². The van der Waals surface area contributed by atoms with Crippen LogP contribution in [0.25, 0.3) is 0 Å². The van der Waals surface area contributed by atoms with Crippen molar-refractivity contribution < 1.29 is 0 Å². The molecule has 2 heteroatoms. The van der Waals surface area contributed by atoms with Crippen LogP contribution in [0.1, 0.15) is 51.8 Å². The molecular formula is C16H24N2. The van der Waals surface area contributed by atoms with Crippen LogP contribution in [0.15, 0.2) is 24.3 Å². The summed E-state index contributed by atoms with van der Waals surface area (Å²) in [5.74, 6) is 0.651. The Morgan fingerprint density at radius 2 is 1.72 bits per heavy atom. The van der Waals surface area contributed by atoms with Crippen LogP contribution in [-0.4, -0.2) is 6.54 Å². The Labute approximate surface area is 111 Å². The van der Waals surface area contributed by atoms with Gasteiger partial charge in [0.25, 0.3) is 0 Å². The molecule has 18 heavy (non-hydrogen) atoms. The van der Waals surface area contributed by atoms with Crippen molar-refractivity contribution in [2.45, 2.75) is 40.7 Å². The van der Waals surface area contributed by atoms with Crippen molar-refractivity contribution >= 4 is 0 Å². The van der Waals surface area contributed by atoms with Gasteiger partial charge in [-0.25, -0.2) is 0 Å². The monoisotopic (exact) mass is 244 g/mol. The first-order chi connectivity index (χ1) is 8.36. The lowest BCUT2D eigenvalue weighted by molar-refractivity contribution is 0.230.